The van der Waals surface area contributed by atoms with E-state index in [1.165, 1.54) is 31.6 Å². The second-order valence-electron chi connectivity index (χ2n) is 8.27. The Morgan fingerprint density at radius 2 is 1.83 bits per heavy atom. The van der Waals surface area contributed by atoms with Crippen LogP contribution in [0.5, 0.6) is 11.5 Å². The number of carbonyl (C=O) groups is 2. The number of nitrogens with zero attached hydrogens (tertiary/aromatic N) is 1. The summed E-state index contributed by atoms with van der Waals surface area (Å²) in [6, 6.07) is 13.4. The molecule has 2 aromatic heterocycles. The second kappa shape index (κ2) is 10.2. The molecule has 0 aliphatic carbocycles. The number of ether oxygens (including phenoxy) is 2. The highest BCUT2D eigenvalue weighted by Gasteiger charge is 2.18. The molecule has 2 aromatic carbocycles. The van der Waals surface area contributed by atoms with Crippen molar-refractivity contribution in [3.05, 3.63) is 76.5 Å². The van der Waals surface area contributed by atoms with E-state index >= 15 is 0 Å². The number of thiophene rings is 1. The largest absolute Gasteiger partial charge is 0.493 e. The standard InChI is InChI=1S/C27H25FN2O4S/c1-15(2)17-10-21(19-14-35-26-18(19)6-5-7-20(26)28)30-22(11-17)23(31)13-29-27(32)16-8-9-24(33-3)25(12-16)34-4/h5-12,14-15H,13H2,1-4H3,(H,29,32). The van der Waals surface area contributed by atoms with Crippen molar-refractivity contribution in [1.82, 2.24) is 10.3 Å². The average molecular weight is 493 g/mol. The van der Waals surface area contributed by atoms with Gasteiger partial charge in [-0.25, -0.2) is 9.37 Å². The van der Waals surface area contributed by atoms with Gasteiger partial charge in [-0.1, -0.05) is 26.0 Å². The van der Waals surface area contributed by atoms with E-state index in [9.17, 15) is 14.0 Å². The van der Waals surface area contributed by atoms with Crippen LogP contribution in [0.15, 0.2) is 53.9 Å². The fourth-order valence-electron chi connectivity index (χ4n) is 3.72. The molecule has 0 radical (unpaired) electrons. The van der Waals surface area contributed by atoms with Gasteiger partial charge in [-0.05, 0) is 47.9 Å². The van der Waals surface area contributed by atoms with Gasteiger partial charge < -0.3 is 14.8 Å². The van der Waals surface area contributed by atoms with Gasteiger partial charge in [0, 0.05) is 21.9 Å². The summed E-state index contributed by atoms with van der Waals surface area (Å²) in [6.45, 7) is 3.83. The van der Waals surface area contributed by atoms with E-state index in [2.05, 4.69) is 10.3 Å². The van der Waals surface area contributed by atoms with Gasteiger partial charge in [-0.3, -0.25) is 9.59 Å². The minimum absolute atomic E-state index is 0.145. The molecule has 0 spiro atoms. The summed E-state index contributed by atoms with van der Waals surface area (Å²) in [6.07, 6.45) is 0. The van der Waals surface area contributed by atoms with Gasteiger partial charge >= 0.3 is 0 Å². The molecule has 0 saturated carbocycles. The van der Waals surface area contributed by atoms with E-state index in [0.29, 0.717) is 27.5 Å². The lowest BCUT2D eigenvalue weighted by Gasteiger charge is -2.12. The monoisotopic (exact) mass is 492 g/mol. The summed E-state index contributed by atoms with van der Waals surface area (Å²) >= 11 is 1.31. The van der Waals surface area contributed by atoms with Crippen LogP contribution >= 0.6 is 11.3 Å². The van der Waals surface area contributed by atoms with Gasteiger partial charge in [0.05, 0.1) is 31.2 Å². The summed E-state index contributed by atoms with van der Waals surface area (Å²) in [5.74, 6) is 0.0383. The quantitative estimate of drug-likeness (QED) is 0.312. The molecule has 0 aliphatic heterocycles. The van der Waals surface area contributed by atoms with Crippen LogP contribution in [0, 0.1) is 5.82 Å². The maximum atomic E-state index is 14.2. The van der Waals surface area contributed by atoms with Crippen molar-refractivity contribution in [3.63, 3.8) is 0 Å². The third kappa shape index (κ3) is 5.02. The van der Waals surface area contributed by atoms with Gasteiger partial charge in [-0.2, -0.15) is 0 Å². The van der Waals surface area contributed by atoms with Gasteiger partial charge in [0.2, 0.25) is 0 Å². The van der Waals surface area contributed by atoms with Crippen molar-refractivity contribution in [2.45, 2.75) is 19.8 Å². The third-order valence-electron chi connectivity index (χ3n) is 5.68. The van der Waals surface area contributed by atoms with Crippen LogP contribution in [0.3, 0.4) is 0 Å². The molecule has 8 heteroatoms. The molecule has 6 nitrogen and oxygen atoms in total. The number of ketones is 1. The number of hydrogen-bond acceptors (Lipinski definition) is 6. The SMILES string of the molecule is COc1ccc(C(=O)NCC(=O)c2cc(C(C)C)cc(-c3csc4c(F)cccc34)n2)cc1OC. The highest BCUT2D eigenvalue weighted by molar-refractivity contribution is 7.17. The lowest BCUT2D eigenvalue weighted by atomic mass is 9.99. The molecule has 0 unspecified atom stereocenters. The minimum Gasteiger partial charge on any atom is -0.493 e. The first-order valence-corrected chi connectivity index (χ1v) is 11.9. The van der Waals surface area contributed by atoms with Gasteiger partial charge in [0.15, 0.2) is 17.3 Å². The summed E-state index contributed by atoms with van der Waals surface area (Å²) in [4.78, 5) is 30.3. The molecular formula is C27H25FN2O4S. The lowest BCUT2D eigenvalue weighted by Crippen LogP contribution is -2.30. The van der Waals surface area contributed by atoms with Gasteiger partial charge in [-0.15, -0.1) is 11.3 Å². The van der Waals surface area contributed by atoms with Crippen LogP contribution in [0.2, 0.25) is 0 Å². The Morgan fingerprint density at radius 3 is 2.54 bits per heavy atom. The molecular weight excluding hydrogens is 467 g/mol. The zero-order valence-electron chi connectivity index (χ0n) is 19.8. The molecule has 1 N–H and O–H groups in total. The van der Waals surface area contributed by atoms with E-state index in [1.807, 2.05) is 31.4 Å². The number of aromatic nitrogens is 1. The van der Waals surface area contributed by atoms with Crippen molar-refractivity contribution in [1.29, 1.82) is 0 Å². The number of rotatable bonds is 8. The number of amides is 1. The van der Waals surface area contributed by atoms with E-state index in [1.54, 1.807) is 30.3 Å². The molecule has 0 aliphatic rings. The molecule has 2 heterocycles. The first-order valence-electron chi connectivity index (χ1n) is 11.0. The van der Waals surface area contributed by atoms with Crippen LogP contribution in [0.1, 0.15) is 46.2 Å². The lowest BCUT2D eigenvalue weighted by molar-refractivity contribution is 0.0902. The second-order valence-corrected chi connectivity index (χ2v) is 9.15. The molecule has 1 amide bonds. The first-order chi connectivity index (χ1) is 16.8. The Balaban J connectivity index is 1.59. The predicted molar refractivity (Wildman–Crippen MR) is 135 cm³/mol. The number of hydrogen-bond donors (Lipinski definition) is 1. The number of benzene rings is 2. The zero-order valence-corrected chi connectivity index (χ0v) is 20.7. The van der Waals surface area contributed by atoms with Gasteiger partial charge in [0.25, 0.3) is 5.91 Å². The van der Waals surface area contributed by atoms with E-state index in [0.717, 1.165) is 16.5 Å². The molecule has 4 aromatic rings. The zero-order chi connectivity index (χ0) is 25.1. The predicted octanol–water partition coefficient (Wildman–Crippen LogP) is 5.86. The molecule has 0 fully saturated rings. The van der Waals surface area contributed by atoms with Crippen molar-refractivity contribution in [2.75, 3.05) is 20.8 Å². The maximum absolute atomic E-state index is 14.2. The van der Waals surface area contributed by atoms with Crippen LogP contribution < -0.4 is 14.8 Å². The number of nitrogens with one attached hydrogen (secondary N) is 1. The Hall–Kier alpha value is -3.78. The van der Waals surface area contributed by atoms with Gasteiger partial charge in [0.1, 0.15) is 11.5 Å². The summed E-state index contributed by atoms with van der Waals surface area (Å²) in [5.41, 5.74) is 2.89. The maximum Gasteiger partial charge on any atom is 0.251 e. The highest BCUT2D eigenvalue weighted by atomic mass is 32.1. The summed E-state index contributed by atoms with van der Waals surface area (Å²) < 4.78 is 25.2. The third-order valence-corrected chi connectivity index (χ3v) is 6.69. The number of halogens is 1. The average Bonchev–Trinajstić information content (AvgIpc) is 3.31. The topological polar surface area (TPSA) is 77.5 Å². The summed E-state index contributed by atoms with van der Waals surface area (Å²) in [7, 11) is 3.00. The Labute approximate surface area is 206 Å². The number of Topliss-reactive ketones (excluding diaryl/α,β-unsaturated/α-hetero) is 1. The molecule has 35 heavy (non-hydrogen) atoms. The Bertz CT molecular complexity index is 1410. The number of methoxy groups -OCH3 is 2. The molecule has 4 rings (SSSR count). The Morgan fingerprint density at radius 1 is 1.06 bits per heavy atom. The van der Waals surface area contributed by atoms with Crippen molar-refractivity contribution in [2.24, 2.45) is 0 Å². The highest BCUT2D eigenvalue weighted by Crippen LogP contribution is 2.35. The molecule has 0 bridgehead atoms. The minimum atomic E-state index is -0.418. The van der Waals surface area contributed by atoms with Crippen molar-refractivity contribution < 1.29 is 23.5 Å². The van der Waals surface area contributed by atoms with E-state index < -0.39 is 5.91 Å². The first kappa shape index (κ1) is 24.3. The van der Waals surface area contributed by atoms with Crippen LogP contribution in [-0.2, 0) is 0 Å². The normalized spacial score (nSPS) is 11.0. The number of pyridine rings is 1. The Kier molecular flexibility index (Phi) is 7.12. The molecule has 180 valence electrons. The summed E-state index contributed by atoms with van der Waals surface area (Å²) in [5, 5.41) is 5.26. The molecule has 0 atom stereocenters. The van der Waals surface area contributed by atoms with E-state index in [-0.39, 0.29) is 29.8 Å². The molecule has 0 saturated heterocycles. The van der Waals surface area contributed by atoms with Crippen LogP contribution in [-0.4, -0.2) is 37.4 Å². The fraction of sp³-hybridized carbons (Fsp3) is 0.222. The fourth-order valence-corrected chi connectivity index (χ4v) is 4.69. The van der Waals surface area contributed by atoms with Crippen LogP contribution in [0.4, 0.5) is 4.39 Å². The van der Waals surface area contributed by atoms with Crippen molar-refractivity contribution >= 4 is 33.1 Å². The van der Waals surface area contributed by atoms with Crippen molar-refractivity contribution in [3.8, 4) is 22.8 Å². The number of carbonyl (C=O) groups excluding carboxylic acids is 2. The number of fused-ring (bicyclic) bond motifs is 1. The smallest absolute Gasteiger partial charge is 0.251 e. The van der Waals surface area contributed by atoms with Crippen LogP contribution in [0.25, 0.3) is 21.3 Å². The van der Waals surface area contributed by atoms with E-state index in [4.69, 9.17) is 9.47 Å².